The number of amides is 1. The van der Waals surface area contributed by atoms with Crippen LogP contribution in [-0.2, 0) is 6.42 Å². The number of carbonyl (C=O) groups is 1. The van der Waals surface area contributed by atoms with Crippen LogP contribution in [0.4, 0.5) is 30.9 Å². The van der Waals surface area contributed by atoms with E-state index in [0.29, 0.717) is 6.42 Å². The van der Waals surface area contributed by atoms with Gasteiger partial charge in [-0.1, -0.05) is 30.3 Å². The molecule has 0 aliphatic carbocycles. The number of aromatic nitrogens is 2. The Hall–Kier alpha value is -4.26. The van der Waals surface area contributed by atoms with E-state index >= 15 is 0 Å². The average Bonchev–Trinajstić information content (AvgIpc) is 2.78. The quantitative estimate of drug-likeness (QED) is 0.400. The molecule has 0 bridgehead atoms. The Morgan fingerprint density at radius 2 is 1.91 bits per heavy atom. The molecule has 8 nitrogen and oxygen atoms in total. The second-order valence-corrected chi connectivity index (χ2v) is 7.42. The first kappa shape index (κ1) is 23.4. The third-order valence-corrected chi connectivity index (χ3v) is 4.96. The second kappa shape index (κ2) is 10.4. The lowest BCUT2D eigenvalue weighted by atomic mass is 10.0. The summed E-state index contributed by atoms with van der Waals surface area (Å²) in [4.78, 5) is 19.3. The highest BCUT2D eigenvalue weighted by molar-refractivity contribution is 5.66. The Balaban J connectivity index is 1.92. The maximum absolute atomic E-state index is 14.8. The normalized spacial score (nSPS) is 12.3. The topological polar surface area (TPSA) is 123 Å². The van der Waals surface area contributed by atoms with E-state index in [2.05, 4.69) is 25.9 Å². The molecule has 3 aromatic rings. The predicted molar refractivity (Wildman–Crippen MR) is 119 cm³/mol. The number of hydrogen-bond donors (Lipinski definition) is 4. The number of nitrogens with zero attached hydrogens (tertiary/aromatic N) is 3. The number of aryl methyl sites for hydroxylation is 1. The van der Waals surface area contributed by atoms with Gasteiger partial charge in [-0.15, -0.1) is 0 Å². The number of benzene rings is 1. The molecule has 0 aliphatic rings. The molecule has 2 heterocycles. The Bertz CT molecular complexity index is 1180. The SMILES string of the molecule is Cc1ncc(Nc2nc(N[C@H](Cc3ccccc3)[C@H](C)NC(=O)O)c(F)cc2C#N)cc1F. The number of pyridine rings is 2. The summed E-state index contributed by atoms with van der Waals surface area (Å²) >= 11 is 0. The van der Waals surface area contributed by atoms with Gasteiger partial charge in [-0.25, -0.2) is 18.6 Å². The highest BCUT2D eigenvalue weighted by atomic mass is 19.1. The van der Waals surface area contributed by atoms with Gasteiger partial charge >= 0.3 is 6.09 Å². The van der Waals surface area contributed by atoms with Gasteiger partial charge in [0, 0.05) is 12.1 Å². The number of anilines is 3. The first-order valence-corrected chi connectivity index (χ1v) is 10.1. The van der Waals surface area contributed by atoms with Crippen LogP contribution < -0.4 is 16.0 Å². The van der Waals surface area contributed by atoms with Crippen molar-refractivity contribution in [2.24, 2.45) is 0 Å². The van der Waals surface area contributed by atoms with E-state index in [4.69, 9.17) is 5.11 Å². The molecule has 0 aliphatic heterocycles. The summed E-state index contributed by atoms with van der Waals surface area (Å²) in [6, 6.07) is 12.2. The van der Waals surface area contributed by atoms with Gasteiger partial charge in [-0.3, -0.25) is 4.98 Å². The largest absolute Gasteiger partial charge is 0.465 e. The fraction of sp³-hybridized carbons (Fsp3) is 0.217. The lowest BCUT2D eigenvalue weighted by Crippen LogP contribution is -2.45. The summed E-state index contributed by atoms with van der Waals surface area (Å²) in [5.41, 5.74) is 1.26. The Kier molecular flexibility index (Phi) is 7.35. The van der Waals surface area contributed by atoms with Crippen molar-refractivity contribution in [2.45, 2.75) is 32.4 Å². The van der Waals surface area contributed by atoms with Gasteiger partial charge in [0.25, 0.3) is 0 Å². The van der Waals surface area contributed by atoms with Gasteiger partial charge in [0.1, 0.15) is 11.9 Å². The zero-order chi connectivity index (χ0) is 24.0. The number of rotatable bonds is 8. The lowest BCUT2D eigenvalue weighted by molar-refractivity contribution is 0.189. The minimum atomic E-state index is -1.22. The summed E-state index contributed by atoms with van der Waals surface area (Å²) in [5.74, 6) is -1.51. The molecule has 33 heavy (non-hydrogen) atoms. The van der Waals surface area contributed by atoms with Crippen LogP contribution in [0.2, 0.25) is 0 Å². The molecule has 2 aromatic heterocycles. The number of nitrogens with one attached hydrogen (secondary N) is 3. The molecule has 0 spiro atoms. The van der Waals surface area contributed by atoms with E-state index < -0.39 is 29.8 Å². The minimum absolute atomic E-state index is 0.00348. The Morgan fingerprint density at radius 1 is 1.18 bits per heavy atom. The Labute approximate surface area is 189 Å². The highest BCUT2D eigenvalue weighted by Crippen LogP contribution is 2.25. The van der Waals surface area contributed by atoms with E-state index in [1.165, 1.54) is 19.2 Å². The molecule has 1 amide bonds. The standard InChI is InChI=1S/C23H22F2N6O2/c1-13-18(24)10-17(12-27-13)29-21-16(11-26)9-19(25)22(31-21)30-20(14(2)28-23(32)33)8-15-6-4-3-5-7-15/h3-7,9-10,12,14,20,28H,8H2,1-2H3,(H,32,33)(H2,29,30,31)/t14-,20+/m0/s1. The van der Waals surface area contributed by atoms with Crippen molar-refractivity contribution in [3.8, 4) is 6.07 Å². The highest BCUT2D eigenvalue weighted by Gasteiger charge is 2.23. The molecule has 10 heteroatoms. The third kappa shape index (κ3) is 6.13. The molecule has 170 valence electrons. The monoisotopic (exact) mass is 452 g/mol. The molecule has 2 atom stereocenters. The fourth-order valence-electron chi connectivity index (χ4n) is 3.17. The molecule has 0 saturated carbocycles. The average molecular weight is 452 g/mol. The van der Waals surface area contributed by atoms with E-state index in [9.17, 15) is 18.8 Å². The van der Waals surface area contributed by atoms with E-state index in [1.807, 2.05) is 36.4 Å². The molecule has 0 saturated heterocycles. The summed E-state index contributed by atoms with van der Waals surface area (Å²) in [6.45, 7) is 3.16. The van der Waals surface area contributed by atoms with Crippen LogP contribution in [0.15, 0.2) is 48.7 Å². The van der Waals surface area contributed by atoms with E-state index in [1.54, 1.807) is 6.92 Å². The Morgan fingerprint density at radius 3 is 2.55 bits per heavy atom. The second-order valence-electron chi connectivity index (χ2n) is 7.42. The smallest absolute Gasteiger partial charge is 0.404 e. The first-order valence-electron chi connectivity index (χ1n) is 10.1. The molecule has 0 radical (unpaired) electrons. The summed E-state index contributed by atoms with van der Waals surface area (Å²) in [7, 11) is 0. The zero-order valence-electron chi connectivity index (χ0n) is 17.9. The van der Waals surface area contributed by atoms with Gasteiger partial charge in [-0.05, 0) is 31.9 Å². The third-order valence-electron chi connectivity index (χ3n) is 4.96. The molecule has 1 aromatic carbocycles. The van der Waals surface area contributed by atoms with Crippen LogP contribution >= 0.6 is 0 Å². The van der Waals surface area contributed by atoms with Gasteiger partial charge < -0.3 is 21.1 Å². The van der Waals surface area contributed by atoms with Crippen molar-refractivity contribution in [3.05, 3.63) is 77.1 Å². The van der Waals surface area contributed by atoms with E-state index in [0.717, 1.165) is 11.6 Å². The summed E-state index contributed by atoms with van der Waals surface area (Å²) < 4.78 is 28.6. The lowest BCUT2D eigenvalue weighted by Gasteiger charge is -2.26. The fourth-order valence-corrected chi connectivity index (χ4v) is 3.17. The van der Waals surface area contributed by atoms with Crippen LogP contribution in [0.25, 0.3) is 0 Å². The molecular weight excluding hydrogens is 430 g/mol. The molecule has 0 fully saturated rings. The first-order chi connectivity index (χ1) is 15.8. The molecule has 3 rings (SSSR count). The van der Waals surface area contributed by atoms with Crippen LogP contribution in [-0.4, -0.2) is 33.3 Å². The summed E-state index contributed by atoms with van der Waals surface area (Å²) in [6.07, 6.45) is 0.528. The predicted octanol–water partition coefficient (Wildman–Crippen LogP) is 4.36. The van der Waals surface area contributed by atoms with Crippen LogP contribution in [0.1, 0.15) is 23.7 Å². The van der Waals surface area contributed by atoms with Crippen molar-refractivity contribution < 1.29 is 18.7 Å². The molecular formula is C23H22F2N6O2. The number of halogens is 2. The van der Waals surface area contributed by atoms with Gasteiger partial charge in [0.2, 0.25) is 0 Å². The van der Waals surface area contributed by atoms with Crippen molar-refractivity contribution in [1.29, 1.82) is 5.26 Å². The van der Waals surface area contributed by atoms with Crippen LogP contribution in [0.3, 0.4) is 0 Å². The van der Waals surface area contributed by atoms with Crippen molar-refractivity contribution in [3.63, 3.8) is 0 Å². The van der Waals surface area contributed by atoms with Crippen molar-refractivity contribution >= 4 is 23.4 Å². The van der Waals surface area contributed by atoms with Crippen LogP contribution in [0.5, 0.6) is 0 Å². The van der Waals surface area contributed by atoms with Crippen molar-refractivity contribution in [2.75, 3.05) is 10.6 Å². The maximum atomic E-state index is 14.8. The van der Waals surface area contributed by atoms with Crippen molar-refractivity contribution in [1.82, 2.24) is 15.3 Å². The summed E-state index contributed by atoms with van der Waals surface area (Å²) in [5, 5.41) is 26.6. The van der Waals surface area contributed by atoms with Gasteiger partial charge in [-0.2, -0.15) is 5.26 Å². The van der Waals surface area contributed by atoms with Crippen LogP contribution in [0, 0.1) is 29.9 Å². The molecule has 0 unspecified atom stereocenters. The van der Waals surface area contributed by atoms with Gasteiger partial charge in [0.05, 0.1) is 29.2 Å². The zero-order valence-corrected chi connectivity index (χ0v) is 17.9. The molecule has 4 N–H and O–H groups in total. The minimum Gasteiger partial charge on any atom is -0.465 e. The number of nitriles is 1. The van der Waals surface area contributed by atoms with E-state index in [-0.39, 0.29) is 28.6 Å². The number of hydrogen-bond acceptors (Lipinski definition) is 6. The van der Waals surface area contributed by atoms with Gasteiger partial charge in [0.15, 0.2) is 17.5 Å². The number of carboxylic acid groups (broad SMARTS) is 1. The maximum Gasteiger partial charge on any atom is 0.404 e.